The third kappa shape index (κ3) is 4.20. The van der Waals surface area contributed by atoms with E-state index in [0.29, 0.717) is 17.9 Å². The lowest BCUT2D eigenvalue weighted by molar-refractivity contribution is -0.128. The van der Waals surface area contributed by atoms with E-state index in [9.17, 15) is 9.59 Å². The van der Waals surface area contributed by atoms with E-state index in [1.54, 1.807) is 23.7 Å². The zero-order valence-corrected chi connectivity index (χ0v) is 17.0. The molecule has 3 aromatic rings. The summed E-state index contributed by atoms with van der Waals surface area (Å²) in [5, 5.41) is -0.0290. The van der Waals surface area contributed by atoms with Crippen molar-refractivity contribution in [3.05, 3.63) is 102 Å². The Morgan fingerprint density at radius 3 is 2.24 bits per heavy atom. The molecule has 2 amide bonds. The van der Waals surface area contributed by atoms with Gasteiger partial charge in [0.2, 0.25) is 5.91 Å². The van der Waals surface area contributed by atoms with Crippen molar-refractivity contribution in [1.82, 2.24) is 4.90 Å². The molecular formula is C24H22N2O2S. The van der Waals surface area contributed by atoms with Crippen LogP contribution in [0.4, 0.5) is 5.69 Å². The number of hydrogen-bond donors (Lipinski definition) is 0. The predicted molar refractivity (Wildman–Crippen MR) is 118 cm³/mol. The number of hydrogen-bond acceptors (Lipinski definition) is 3. The van der Waals surface area contributed by atoms with E-state index < -0.39 is 0 Å². The summed E-state index contributed by atoms with van der Waals surface area (Å²) < 4.78 is 0. The minimum atomic E-state index is -0.0564. The van der Waals surface area contributed by atoms with Crippen LogP contribution in [0.5, 0.6) is 0 Å². The SMILES string of the molecule is CN(C(=O)c1ccc([C@H]2SCC(=O)N2Cc2ccccc2)cc1)c1ccccc1. The summed E-state index contributed by atoms with van der Waals surface area (Å²) in [6, 6.07) is 27.2. The first-order valence-corrected chi connectivity index (χ1v) is 10.6. The van der Waals surface area contributed by atoms with Gasteiger partial charge in [-0.1, -0.05) is 60.7 Å². The van der Waals surface area contributed by atoms with Gasteiger partial charge in [-0.3, -0.25) is 9.59 Å². The van der Waals surface area contributed by atoms with Crippen molar-refractivity contribution in [2.24, 2.45) is 0 Å². The van der Waals surface area contributed by atoms with E-state index in [2.05, 4.69) is 0 Å². The Hall–Kier alpha value is -3.05. The van der Waals surface area contributed by atoms with Crippen molar-refractivity contribution < 1.29 is 9.59 Å². The summed E-state index contributed by atoms with van der Waals surface area (Å²) in [6.07, 6.45) is 0. The molecule has 1 fully saturated rings. The first-order chi connectivity index (χ1) is 14.1. The molecule has 29 heavy (non-hydrogen) atoms. The molecule has 0 N–H and O–H groups in total. The van der Waals surface area contributed by atoms with Gasteiger partial charge in [0.1, 0.15) is 5.37 Å². The Morgan fingerprint density at radius 1 is 0.966 bits per heavy atom. The molecule has 0 aromatic heterocycles. The van der Waals surface area contributed by atoms with E-state index >= 15 is 0 Å². The van der Waals surface area contributed by atoms with Crippen LogP contribution in [0.25, 0.3) is 0 Å². The molecular weight excluding hydrogens is 380 g/mol. The second kappa shape index (κ2) is 8.53. The van der Waals surface area contributed by atoms with Gasteiger partial charge in [0, 0.05) is 24.8 Å². The first-order valence-electron chi connectivity index (χ1n) is 9.51. The second-order valence-corrected chi connectivity index (χ2v) is 8.06. The highest BCUT2D eigenvalue weighted by Crippen LogP contribution is 2.39. The fourth-order valence-electron chi connectivity index (χ4n) is 3.43. The number of rotatable bonds is 5. The molecule has 5 heteroatoms. The summed E-state index contributed by atoms with van der Waals surface area (Å²) >= 11 is 1.63. The van der Waals surface area contributed by atoms with Crippen LogP contribution < -0.4 is 4.90 Å². The molecule has 3 aromatic carbocycles. The quantitative estimate of drug-likeness (QED) is 0.619. The lowest BCUT2D eigenvalue weighted by atomic mass is 10.1. The van der Waals surface area contributed by atoms with Crippen molar-refractivity contribution in [2.75, 3.05) is 17.7 Å². The molecule has 0 radical (unpaired) electrons. The zero-order valence-electron chi connectivity index (χ0n) is 16.2. The maximum absolute atomic E-state index is 12.8. The highest BCUT2D eigenvalue weighted by atomic mass is 32.2. The fraction of sp³-hybridized carbons (Fsp3) is 0.167. The van der Waals surface area contributed by atoms with Gasteiger partial charge in [-0.2, -0.15) is 0 Å². The minimum Gasteiger partial charge on any atom is -0.322 e. The standard InChI is InChI=1S/C24H22N2O2S/c1-25(21-10-6-3-7-11-21)23(28)19-12-14-20(15-13-19)24-26(22(27)17-29-24)16-18-8-4-2-5-9-18/h2-15,24H,16-17H2,1H3/t24-/m1/s1. The Kier molecular flexibility index (Phi) is 5.67. The highest BCUT2D eigenvalue weighted by molar-refractivity contribution is 8.00. The number of carbonyl (C=O) groups is 2. The van der Waals surface area contributed by atoms with Gasteiger partial charge in [-0.05, 0) is 35.4 Å². The summed E-state index contributed by atoms with van der Waals surface area (Å²) in [5.41, 5.74) is 3.64. The molecule has 1 saturated heterocycles. The molecule has 1 aliphatic rings. The molecule has 0 spiro atoms. The Labute approximate surface area is 175 Å². The number of para-hydroxylation sites is 1. The topological polar surface area (TPSA) is 40.6 Å². The lowest BCUT2D eigenvalue weighted by Crippen LogP contribution is -2.28. The summed E-state index contributed by atoms with van der Waals surface area (Å²) in [6.45, 7) is 0.592. The van der Waals surface area contributed by atoms with Crippen LogP contribution in [-0.2, 0) is 11.3 Å². The van der Waals surface area contributed by atoms with Crippen LogP contribution in [0.2, 0.25) is 0 Å². The van der Waals surface area contributed by atoms with E-state index in [-0.39, 0.29) is 17.2 Å². The summed E-state index contributed by atoms with van der Waals surface area (Å²) in [7, 11) is 1.78. The summed E-state index contributed by atoms with van der Waals surface area (Å²) in [4.78, 5) is 28.8. The van der Waals surface area contributed by atoms with Gasteiger partial charge in [0.25, 0.3) is 5.91 Å². The van der Waals surface area contributed by atoms with Crippen LogP contribution in [0.1, 0.15) is 26.9 Å². The second-order valence-electron chi connectivity index (χ2n) is 6.99. The van der Waals surface area contributed by atoms with Gasteiger partial charge in [0.05, 0.1) is 5.75 Å². The Bertz CT molecular complexity index is 990. The number of nitrogens with zero attached hydrogens (tertiary/aromatic N) is 2. The van der Waals surface area contributed by atoms with Crippen molar-refractivity contribution in [3.63, 3.8) is 0 Å². The van der Waals surface area contributed by atoms with Crippen LogP contribution in [-0.4, -0.2) is 29.5 Å². The van der Waals surface area contributed by atoms with Gasteiger partial charge < -0.3 is 9.80 Å². The van der Waals surface area contributed by atoms with E-state index in [0.717, 1.165) is 16.8 Å². The van der Waals surface area contributed by atoms with Crippen molar-refractivity contribution >= 4 is 29.3 Å². The van der Waals surface area contributed by atoms with E-state index in [1.165, 1.54) is 0 Å². The normalized spacial score (nSPS) is 16.1. The molecule has 1 atom stereocenters. The summed E-state index contributed by atoms with van der Waals surface area (Å²) in [5.74, 6) is 0.571. The number of thioether (sulfide) groups is 1. The van der Waals surface area contributed by atoms with E-state index in [1.807, 2.05) is 89.8 Å². The Morgan fingerprint density at radius 2 is 1.59 bits per heavy atom. The smallest absolute Gasteiger partial charge is 0.258 e. The third-order valence-corrected chi connectivity index (χ3v) is 6.31. The van der Waals surface area contributed by atoms with Crippen molar-refractivity contribution in [1.29, 1.82) is 0 Å². The number of benzene rings is 3. The van der Waals surface area contributed by atoms with Crippen LogP contribution in [0.3, 0.4) is 0 Å². The molecule has 0 bridgehead atoms. The third-order valence-electron chi connectivity index (χ3n) is 5.05. The predicted octanol–water partition coefficient (Wildman–Crippen LogP) is 4.74. The largest absolute Gasteiger partial charge is 0.322 e. The van der Waals surface area contributed by atoms with Gasteiger partial charge in [-0.15, -0.1) is 11.8 Å². The highest BCUT2D eigenvalue weighted by Gasteiger charge is 2.32. The maximum Gasteiger partial charge on any atom is 0.258 e. The monoisotopic (exact) mass is 402 g/mol. The molecule has 0 aliphatic carbocycles. The van der Waals surface area contributed by atoms with Gasteiger partial charge in [-0.25, -0.2) is 0 Å². The van der Waals surface area contributed by atoms with Gasteiger partial charge in [0.15, 0.2) is 0 Å². The number of anilines is 1. The molecule has 4 nitrogen and oxygen atoms in total. The molecule has 1 heterocycles. The molecule has 0 saturated carbocycles. The molecule has 0 unspecified atom stereocenters. The number of carbonyl (C=O) groups excluding carboxylic acids is 2. The lowest BCUT2D eigenvalue weighted by Gasteiger charge is -2.24. The molecule has 146 valence electrons. The van der Waals surface area contributed by atoms with Crippen LogP contribution in [0, 0.1) is 0 Å². The van der Waals surface area contributed by atoms with Crippen molar-refractivity contribution in [3.8, 4) is 0 Å². The Balaban J connectivity index is 1.51. The first kappa shape index (κ1) is 19.3. The fourth-order valence-corrected chi connectivity index (χ4v) is 4.62. The van der Waals surface area contributed by atoms with Crippen molar-refractivity contribution in [2.45, 2.75) is 11.9 Å². The molecule has 1 aliphatic heterocycles. The van der Waals surface area contributed by atoms with Crippen LogP contribution >= 0.6 is 11.8 Å². The zero-order chi connectivity index (χ0) is 20.2. The average Bonchev–Trinajstić information content (AvgIpc) is 3.14. The maximum atomic E-state index is 12.8. The average molecular weight is 403 g/mol. The molecule has 4 rings (SSSR count). The number of amides is 2. The minimum absolute atomic E-state index is 0.0290. The van der Waals surface area contributed by atoms with E-state index in [4.69, 9.17) is 0 Å². The van der Waals surface area contributed by atoms with Gasteiger partial charge >= 0.3 is 0 Å². The van der Waals surface area contributed by atoms with Crippen LogP contribution in [0.15, 0.2) is 84.9 Å².